The van der Waals surface area contributed by atoms with E-state index in [-0.39, 0.29) is 17.9 Å². The first-order valence-electron chi connectivity index (χ1n) is 10.3. The molecule has 1 amide bonds. The smallest absolute Gasteiger partial charge is 0.255 e. The van der Waals surface area contributed by atoms with Crippen LogP contribution in [0.5, 0.6) is 0 Å². The topological polar surface area (TPSA) is 149 Å². The number of aliphatic hydroxyl groups is 1. The molecule has 0 aliphatic heterocycles. The van der Waals surface area contributed by atoms with Crippen molar-refractivity contribution in [3.8, 4) is 17.5 Å². The van der Waals surface area contributed by atoms with Crippen molar-refractivity contribution in [2.24, 2.45) is 0 Å². The van der Waals surface area contributed by atoms with Gasteiger partial charge in [-0.1, -0.05) is 0 Å². The number of carbonyl (C=O) groups is 1. The molecule has 0 saturated heterocycles. The molecule has 0 spiro atoms. The second-order valence-electron chi connectivity index (χ2n) is 8.41. The van der Waals surface area contributed by atoms with Crippen molar-refractivity contribution < 1.29 is 22.7 Å². The molecular formula is C22H25FN6O4S. The van der Waals surface area contributed by atoms with Crippen LogP contribution in [0.3, 0.4) is 0 Å². The summed E-state index contributed by atoms with van der Waals surface area (Å²) in [6, 6.07) is 8.78. The van der Waals surface area contributed by atoms with E-state index in [1.54, 1.807) is 28.8 Å². The molecule has 0 aliphatic rings. The summed E-state index contributed by atoms with van der Waals surface area (Å²) in [5.41, 5.74) is 0.857. The number of nitrogens with one attached hydrogen (secondary N) is 2. The number of rotatable bonds is 9. The number of anilines is 1. The van der Waals surface area contributed by atoms with E-state index in [0.717, 1.165) is 6.26 Å². The van der Waals surface area contributed by atoms with Crippen molar-refractivity contribution in [3.05, 3.63) is 47.8 Å². The van der Waals surface area contributed by atoms with Crippen LogP contribution in [0, 0.1) is 11.3 Å². The average Bonchev–Trinajstić information content (AvgIpc) is 3.18. The molecule has 34 heavy (non-hydrogen) atoms. The minimum atomic E-state index is -3.25. The molecule has 3 rings (SSSR count). The average molecular weight is 489 g/mol. The molecule has 0 bridgehead atoms. The van der Waals surface area contributed by atoms with E-state index in [4.69, 9.17) is 5.26 Å². The van der Waals surface area contributed by atoms with Gasteiger partial charge in [0.1, 0.15) is 22.1 Å². The second-order valence-corrected chi connectivity index (χ2v) is 10.7. The Balaban J connectivity index is 1.94. The van der Waals surface area contributed by atoms with Gasteiger partial charge in [-0.05, 0) is 38.1 Å². The fourth-order valence-corrected chi connectivity index (χ4v) is 3.55. The van der Waals surface area contributed by atoms with Gasteiger partial charge in [0.25, 0.3) is 5.91 Å². The van der Waals surface area contributed by atoms with Crippen LogP contribution >= 0.6 is 0 Å². The number of nitrogens with zero attached hydrogens (tertiary/aromatic N) is 4. The number of amides is 1. The van der Waals surface area contributed by atoms with Gasteiger partial charge in [0.2, 0.25) is 0 Å². The zero-order valence-corrected chi connectivity index (χ0v) is 19.7. The molecule has 0 fully saturated rings. The maximum absolute atomic E-state index is 14.1. The molecule has 10 nitrogen and oxygen atoms in total. The summed E-state index contributed by atoms with van der Waals surface area (Å²) in [7, 11) is -3.25. The Bertz CT molecular complexity index is 1360. The first-order chi connectivity index (χ1) is 15.9. The molecule has 1 atom stereocenters. The summed E-state index contributed by atoms with van der Waals surface area (Å²) in [5.74, 6) is -0.798. The fraction of sp³-hybridized carbons (Fsp3) is 0.364. The van der Waals surface area contributed by atoms with Crippen molar-refractivity contribution in [2.45, 2.75) is 25.6 Å². The maximum Gasteiger partial charge on any atom is 0.255 e. The lowest BCUT2D eigenvalue weighted by Crippen LogP contribution is -2.42. The van der Waals surface area contributed by atoms with Gasteiger partial charge in [0.05, 0.1) is 57.8 Å². The Morgan fingerprint density at radius 1 is 1.32 bits per heavy atom. The number of nitriles is 1. The lowest BCUT2D eigenvalue weighted by atomic mass is 10.0. The number of fused-ring (bicyclic) bond motifs is 1. The molecule has 3 N–H and O–H groups in total. The largest absolute Gasteiger partial charge is 0.387 e. The van der Waals surface area contributed by atoms with E-state index in [1.165, 1.54) is 26.2 Å². The first kappa shape index (κ1) is 25.1. The summed E-state index contributed by atoms with van der Waals surface area (Å²) >= 11 is 0. The highest BCUT2D eigenvalue weighted by atomic mass is 32.2. The number of carbonyl (C=O) groups excluding carboxylic acids is 1. The third kappa shape index (κ3) is 6.06. The number of hydrogen-bond acceptors (Lipinski definition) is 8. The van der Waals surface area contributed by atoms with Gasteiger partial charge in [0.15, 0.2) is 0 Å². The second kappa shape index (κ2) is 9.74. The van der Waals surface area contributed by atoms with Gasteiger partial charge < -0.3 is 15.7 Å². The maximum atomic E-state index is 14.1. The van der Waals surface area contributed by atoms with Gasteiger partial charge in [-0.25, -0.2) is 17.3 Å². The van der Waals surface area contributed by atoms with Crippen LogP contribution in [0.15, 0.2) is 36.7 Å². The molecule has 12 heteroatoms. The van der Waals surface area contributed by atoms with Gasteiger partial charge in [0, 0.05) is 19.0 Å². The highest BCUT2D eigenvalue weighted by Gasteiger charge is 2.27. The monoisotopic (exact) mass is 488 g/mol. The molecule has 3 aromatic heterocycles. The Morgan fingerprint density at radius 3 is 2.71 bits per heavy atom. The molecule has 0 aliphatic carbocycles. The van der Waals surface area contributed by atoms with Crippen molar-refractivity contribution in [3.63, 3.8) is 0 Å². The van der Waals surface area contributed by atoms with Crippen LogP contribution in [0.1, 0.15) is 29.8 Å². The minimum absolute atomic E-state index is 0.0383. The van der Waals surface area contributed by atoms with E-state index in [2.05, 4.69) is 20.7 Å². The van der Waals surface area contributed by atoms with Gasteiger partial charge >= 0.3 is 0 Å². The number of pyridine rings is 1. The summed E-state index contributed by atoms with van der Waals surface area (Å²) in [6.07, 6.45) is 2.13. The highest BCUT2D eigenvalue weighted by molar-refractivity contribution is 7.90. The molecule has 0 aromatic carbocycles. The Hall–Kier alpha value is -3.56. The molecule has 0 saturated carbocycles. The standard InChI is InChI=1S/C22H25FN6O4S/c1-22(2,31)20(23)13-27-21(30)16-12-26-18(9-17(16)25-6-7-34(3,32)33)19-5-4-15-8-14(10-24)11-28-29(15)19/h4-5,8-9,11-12,20,31H,6-7,13H2,1-3H3,(H,25,26)(H,27,30). The number of aromatic nitrogens is 3. The quantitative estimate of drug-likeness (QED) is 0.411. The van der Waals surface area contributed by atoms with E-state index >= 15 is 0 Å². The number of halogens is 1. The highest BCUT2D eigenvalue weighted by Crippen LogP contribution is 2.25. The first-order valence-corrected chi connectivity index (χ1v) is 12.4. The third-order valence-electron chi connectivity index (χ3n) is 5.04. The molecule has 0 radical (unpaired) electrons. The molecule has 180 valence electrons. The van der Waals surface area contributed by atoms with E-state index in [9.17, 15) is 22.7 Å². The fourth-order valence-electron chi connectivity index (χ4n) is 3.08. The van der Waals surface area contributed by atoms with E-state index in [0.29, 0.717) is 28.2 Å². The lowest BCUT2D eigenvalue weighted by molar-refractivity contribution is -0.00177. The molecule has 3 aromatic rings. The number of hydrogen-bond donors (Lipinski definition) is 3. The summed E-state index contributed by atoms with van der Waals surface area (Å²) in [4.78, 5) is 17.1. The normalized spacial score (nSPS) is 12.8. The predicted octanol–water partition coefficient (Wildman–Crippen LogP) is 1.56. The summed E-state index contributed by atoms with van der Waals surface area (Å²) in [5, 5.41) is 28.4. The SMILES string of the molecule is CC(C)(O)C(F)CNC(=O)c1cnc(-c2ccc3cc(C#N)cnn23)cc1NCCS(C)(=O)=O. The number of sulfone groups is 1. The Kier molecular flexibility index (Phi) is 7.18. The Morgan fingerprint density at radius 2 is 2.06 bits per heavy atom. The van der Waals surface area contributed by atoms with Crippen LogP contribution in [0.25, 0.3) is 16.9 Å². The van der Waals surface area contributed by atoms with Crippen LogP contribution in [0.2, 0.25) is 0 Å². The van der Waals surface area contributed by atoms with Crippen LogP contribution in [0.4, 0.5) is 10.1 Å². The van der Waals surface area contributed by atoms with Gasteiger partial charge in [-0.15, -0.1) is 0 Å². The van der Waals surface area contributed by atoms with Crippen molar-refractivity contribution in [1.29, 1.82) is 5.26 Å². The van der Waals surface area contributed by atoms with Crippen LogP contribution < -0.4 is 10.6 Å². The molecular weight excluding hydrogens is 463 g/mol. The van der Waals surface area contributed by atoms with Crippen molar-refractivity contribution in [1.82, 2.24) is 19.9 Å². The van der Waals surface area contributed by atoms with Crippen LogP contribution in [-0.4, -0.2) is 70.9 Å². The number of alkyl halides is 1. The van der Waals surface area contributed by atoms with Gasteiger partial charge in [-0.3, -0.25) is 9.78 Å². The lowest BCUT2D eigenvalue weighted by Gasteiger charge is -2.22. The van der Waals surface area contributed by atoms with Crippen molar-refractivity contribution in [2.75, 3.05) is 30.4 Å². The minimum Gasteiger partial charge on any atom is -0.387 e. The van der Waals surface area contributed by atoms with Gasteiger partial charge in [-0.2, -0.15) is 10.4 Å². The zero-order valence-electron chi connectivity index (χ0n) is 18.9. The Labute approximate surface area is 196 Å². The van der Waals surface area contributed by atoms with Crippen molar-refractivity contribution >= 4 is 26.9 Å². The third-order valence-corrected chi connectivity index (χ3v) is 5.98. The van der Waals surface area contributed by atoms with E-state index in [1.807, 2.05) is 6.07 Å². The molecule has 3 heterocycles. The zero-order chi connectivity index (χ0) is 25.1. The summed E-state index contributed by atoms with van der Waals surface area (Å²) < 4.78 is 38.7. The predicted molar refractivity (Wildman–Crippen MR) is 125 cm³/mol. The summed E-state index contributed by atoms with van der Waals surface area (Å²) in [6.45, 7) is 2.22. The van der Waals surface area contributed by atoms with E-state index < -0.39 is 34.1 Å². The van der Waals surface area contributed by atoms with Crippen LogP contribution in [-0.2, 0) is 9.84 Å². The molecule has 1 unspecified atom stereocenters.